The van der Waals surface area contributed by atoms with Crippen LogP contribution in [0.5, 0.6) is 5.75 Å². The Morgan fingerprint density at radius 2 is 1.96 bits per heavy atom. The molecule has 142 valence electrons. The number of nitrogens with zero attached hydrogens (tertiary/aromatic N) is 3. The van der Waals surface area contributed by atoms with Crippen LogP contribution in [-0.2, 0) is 0 Å². The Bertz CT molecular complexity index is 942. The van der Waals surface area contributed by atoms with Crippen LogP contribution in [0, 0.1) is 13.8 Å². The Morgan fingerprint density at radius 3 is 2.56 bits per heavy atom. The number of carbonyl (C=O) groups is 1. The standard InChI is InChI=1S/C20H24N4O2S/c1-12(2)19-21-20(23-22-19)27-11-18(25)17-10-13(3)24(14(17)4)15-6-8-16(26-5)9-7-15/h6-10,12H,11H2,1-5H3,(H,21,22,23). The van der Waals surface area contributed by atoms with Crippen molar-refractivity contribution in [3.63, 3.8) is 0 Å². The molecule has 0 aliphatic heterocycles. The van der Waals surface area contributed by atoms with Crippen molar-refractivity contribution in [3.05, 3.63) is 53.1 Å². The summed E-state index contributed by atoms with van der Waals surface area (Å²) in [5.74, 6) is 2.31. The van der Waals surface area contributed by atoms with Crippen molar-refractivity contribution < 1.29 is 9.53 Å². The van der Waals surface area contributed by atoms with Crippen molar-refractivity contribution >= 4 is 17.5 Å². The quantitative estimate of drug-likeness (QED) is 0.485. The summed E-state index contributed by atoms with van der Waals surface area (Å²) < 4.78 is 7.30. The number of rotatable bonds is 7. The summed E-state index contributed by atoms with van der Waals surface area (Å²) in [6, 6.07) is 9.76. The normalized spacial score (nSPS) is 11.2. The zero-order valence-electron chi connectivity index (χ0n) is 16.2. The molecular weight excluding hydrogens is 360 g/mol. The second-order valence-electron chi connectivity index (χ2n) is 6.69. The van der Waals surface area contributed by atoms with Crippen molar-refractivity contribution in [3.8, 4) is 11.4 Å². The van der Waals surface area contributed by atoms with E-state index >= 15 is 0 Å². The van der Waals surface area contributed by atoms with Crippen LogP contribution in [0.3, 0.4) is 0 Å². The minimum Gasteiger partial charge on any atom is -0.497 e. The number of nitrogens with one attached hydrogen (secondary N) is 1. The number of H-pyrrole nitrogens is 1. The zero-order chi connectivity index (χ0) is 19.6. The van der Waals surface area contributed by atoms with E-state index < -0.39 is 0 Å². The predicted octanol–water partition coefficient (Wildman–Crippen LogP) is 4.32. The van der Waals surface area contributed by atoms with Gasteiger partial charge in [0.05, 0.1) is 12.9 Å². The molecular formula is C20H24N4O2S. The number of hydrogen-bond acceptors (Lipinski definition) is 5. The molecule has 2 heterocycles. The van der Waals surface area contributed by atoms with Crippen LogP contribution < -0.4 is 4.74 Å². The first-order chi connectivity index (χ1) is 12.9. The van der Waals surface area contributed by atoms with E-state index in [1.54, 1.807) is 7.11 Å². The summed E-state index contributed by atoms with van der Waals surface area (Å²) in [6.45, 7) is 8.08. The summed E-state index contributed by atoms with van der Waals surface area (Å²) in [6.07, 6.45) is 0. The van der Waals surface area contributed by atoms with Gasteiger partial charge in [-0.05, 0) is 44.2 Å². The van der Waals surface area contributed by atoms with Gasteiger partial charge in [-0.25, -0.2) is 4.98 Å². The van der Waals surface area contributed by atoms with Gasteiger partial charge in [0.1, 0.15) is 11.6 Å². The monoisotopic (exact) mass is 384 g/mol. The predicted molar refractivity (Wildman–Crippen MR) is 107 cm³/mol. The lowest BCUT2D eigenvalue weighted by Gasteiger charge is -2.10. The van der Waals surface area contributed by atoms with Crippen LogP contribution in [0.15, 0.2) is 35.5 Å². The molecule has 0 amide bonds. The van der Waals surface area contributed by atoms with Gasteiger partial charge in [0.2, 0.25) is 5.16 Å². The van der Waals surface area contributed by atoms with Crippen LogP contribution in [0.25, 0.3) is 5.69 Å². The Morgan fingerprint density at radius 1 is 1.26 bits per heavy atom. The minimum atomic E-state index is 0.0729. The molecule has 6 nitrogen and oxygen atoms in total. The van der Waals surface area contributed by atoms with Crippen molar-refractivity contribution in [1.82, 2.24) is 19.7 Å². The molecule has 0 atom stereocenters. The number of aryl methyl sites for hydroxylation is 1. The fourth-order valence-corrected chi connectivity index (χ4v) is 3.65. The van der Waals surface area contributed by atoms with E-state index in [0.717, 1.165) is 34.2 Å². The Hall–Kier alpha value is -2.54. The second-order valence-corrected chi connectivity index (χ2v) is 7.63. The van der Waals surface area contributed by atoms with Gasteiger partial charge in [-0.3, -0.25) is 9.89 Å². The number of hydrogen-bond donors (Lipinski definition) is 1. The number of Topliss-reactive ketones (excluding diaryl/α,β-unsaturated/α-hetero) is 1. The molecule has 0 aliphatic rings. The lowest BCUT2D eigenvalue weighted by molar-refractivity contribution is 0.102. The maximum Gasteiger partial charge on any atom is 0.208 e. The van der Waals surface area contributed by atoms with E-state index in [1.165, 1.54) is 11.8 Å². The molecule has 27 heavy (non-hydrogen) atoms. The van der Waals surface area contributed by atoms with E-state index in [0.29, 0.717) is 10.9 Å². The van der Waals surface area contributed by atoms with Gasteiger partial charge < -0.3 is 9.30 Å². The largest absolute Gasteiger partial charge is 0.497 e. The summed E-state index contributed by atoms with van der Waals surface area (Å²) in [5.41, 5.74) is 3.69. The van der Waals surface area contributed by atoms with Gasteiger partial charge in [-0.15, -0.1) is 5.10 Å². The average molecular weight is 385 g/mol. The maximum absolute atomic E-state index is 12.8. The Labute approximate surface area is 163 Å². The highest BCUT2D eigenvalue weighted by molar-refractivity contribution is 7.99. The van der Waals surface area contributed by atoms with Gasteiger partial charge in [0.15, 0.2) is 5.78 Å². The highest BCUT2D eigenvalue weighted by atomic mass is 32.2. The van der Waals surface area contributed by atoms with Crippen LogP contribution in [0.1, 0.15) is 47.3 Å². The summed E-state index contributed by atoms with van der Waals surface area (Å²) in [5, 5.41) is 7.69. The topological polar surface area (TPSA) is 72.8 Å². The molecule has 0 saturated carbocycles. The molecule has 1 aromatic carbocycles. The molecule has 0 aliphatic carbocycles. The number of benzene rings is 1. The molecule has 0 fully saturated rings. The first-order valence-corrected chi connectivity index (χ1v) is 9.81. The molecule has 2 aromatic heterocycles. The first kappa shape index (κ1) is 19.2. The highest BCUT2D eigenvalue weighted by Crippen LogP contribution is 2.25. The number of ketones is 1. The SMILES string of the molecule is COc1ccc(-n2c(C)cc(C(=O)CSc3n[nH]c(C(C)C)n3)c2C)cc1. The lowest BCUT2D eigenvalue weighted by Crippen LogP contribution is -2.05. The average Bonchev–Trinajstić information content (AvgIpc) is 3.25. The zero-order valence-corrected chi connectivity index (χ0v) is 17.1. The van der Waals surface area contributed by atoms with E-state index in [1.807, 2.05) is 58.0 Å². The highest BCUT2D eigenvalue weighted by Gasteiger charge is 2.18. The third-order valence-electron chi connectivity index (χ3n) is 4.42. The van der Waals surface area contributed by atoms with Crippen LogP contribution in [0.4, 0.5) is 0 Å². The van der Waals surface area contributed by atoms with E-state index in [9.17, 15) is 4.79 Å². The molecule has 0 bridgehead atoms. The van der Waals surface area contributed by atoms with E-state index in [-0.39, 0.29) is 11.7 Å². The summed E-state index contributed by atoms with van der Waals surface area (Å²) in [4.78, 5) is 17.2. The van der Waals surface area contributed by atoms with Crippen LogP contribution >= 0.6 is 11.8 Å². The number of carbonyl (C=O) groups excluding carboxylic acids is 1. The summed E-state index contributed by atoms with van der Waals surface area (Å²) in [7, 11) is 1.65. The number of aromatic amines is 1. The van der Waals surface area contributed by atoms with Gasteiger partial charge in [-0.2, -0.15) is 0 Å². The van der Waals surface area contributed by atoms with Crippen molar-refractivity contribution in [2.24, 2.45) is 0 Å². The minimum absolute atomic E-state index is 0.0729. The van der Waals surface area contributed by atoms with Gasteiger partial charge in [0.25, 0.3) is 0 Å². The number of thioether (sulfide) groups is 1. The number of aromatic nitrogens is 4. The van der Waals surface area contributed by atoms with Gasteiger partial charge in [-0.1, -0.05) is 25.6 Å². The van der Waals surface area contributed by atoms with Crippen LogP contribution in [0.2, 0.25) is 0 Å². The van der Waals surface area contributed by atoms with Crippen molar-refractivity contribution in [1.29, 1.82) is 0 Å². The Balaban J connectivity index is 1.77. The molecule has 0 spiro atoms. The molecule has 0 radical (unpaired) electrons. The molecule has 3 aromatic rings. The third kappa shape index (κ3) is 4.08. The van der Waals surface area contributed by atoms with Crippen molar-refractivity contribution in [2.75, 3.05) is 12.9 Å². The number of methoxy groups -OCH3 is 1. The van der Waals surface area contributed by atoms with Gasteiger partial charge >= 0.3 is 0 Å². The molecule has 0 saturated heterocycles. The smallest absolute Gasteiger partial charge is 0.208 e. The molecule has 1 N–H and O–H groups in total. The fraction of sp³-hybridized carbons (Fsp3) is 0.350. The van der Waals surface area contributed by atoms with Crippen LogP contribution in [-0.4, -0.2) is 38.4 Å². The lowest BCUT2D eigenvalue weighted by atomic mass is 10.2. The first-order valence-electron chi connectivity index (χ1n) is 8.82. The van der Waals surface area contributed by atoms with Gasteiger partial charge in [0, 0.05) is 28.6 Å². The third-order valence-corrected chi connectivity index (χ3v) is 5.27. The van der Waals surface area contributed by atoms with E-state index in [2.05, 4.69) is 19.7 Å². The van der Waals surface area contributed by atoms with Crippen molar-refractivity contribution in [2.45, 2.75) is 38.8 Å². The molecule has 0 unspecified atom stereocenters. The molecule has 7 heteroatoms. The van der Waals surface area contributed by atoms with E-state index in [4.69, 9.17) is 4.74 Å². The molecule has 3 rings (SSSR count). The summed E-state index contributed by atoms with van der Waals surface area (Å²) >= 11 is 1.36. The fourth-order valence-electron chi connectivity index (χ4n) is 2.96. The Kier molecular flexibility index (Phi) is 5.70. The second kappa shape index (κ2) is 8.00. The number of ether oxygens (including phenoxy) is 1. The maximum atomic E-state index is 12.8.